The van der Waals surface area contributed by atoms with Crippen LogP contribution in [-0.2, 0) is 20.7 Å². The Bertz CT molecular complexity index is 602. The lowest BCUT2D eigenvalue weighted by molar-refractivity contribution is -0.144. The largest absolute Gasteiger partial charge is 0.361 e. The monoisotopic (exact) mass is 367 g/mol. The number of rotatable bonds is 13. The molecule has 0 aliphatic rings. The van der Waals surface area contributed by atoms with Crippen molar-refractivity contribution in [3.8, 4) is 0 Å². The van der Waals surface area contributed by atoms with Gasteiger partial charge in [-0.15, -0.1) is 11.8 Å². The number of para-hydroxylation sites is 1. The average molecular weight is 368 g/mol. The minimum absolute atomic E-state index is 0.167. The van der Waals surface area contributed by atoms with Crippen molar-refractivity contribution >= 4 is 22.7 Å². The van der Waals surface area contributed by atoms with Crippen LogP contribution in [0, 0.1) is 0 Å². The van der Waals surface area contributed by atoms with Crippen molar-refractivity contribution in [1.82, 2.24) is 10.5 Å². The number of aromatic amines is 1. The van der Waals surface area contributed by atoms with Gasteiger partial charge in [0.15, 0.2) is 6.29 Å². The van der Waals surface area contributed by atoms with Gasteiger partial charge in [-0.25, -0.2) is 5.48 Å². The molecule has 25 heavy (non-hydrogen) atoms. The van der Waals surface area contributed by atoms with Gasteiger partial charge in [-0.2, -0.15) is 0 Å². The smallest absolute Gasteiger partial charge is 0.173 e. The molecule has 1 heterocycles. The standard InChI is InChI=1S/C18H29N3O3S/c1-3-22-18(23-4-2)16(19)12-25-13-24-21-10-9-14-11-20-17-8-6-5-7-15(14)17/h5-8,11,16,18,20-21H,3-4,9-10,12-13,19H2,1-2H3. The fraction of sp³-hybridized carbons (Fsp3) is 0.556. The zero-order valence-corrected chi connectivity index (χ0v) is 15.8. The molecule has 6 nitrogen and oxygen atoms in total. The Labute approximate surface area is 153 Å². The Balaban J connectivity index is 1.57. The van der Waals surface area contributed by atoms with Gasteiger partial charge in [-0.1, -0.05) is 18.2 Å². The van der Waals surface area contributed by atoms with E-state index in [1.807, 2.05) is 19.9 Å². The maximum Gasteiger partial charge on any atom is 0.173 e. The molecule has 2 aromatic rings. The molecule has 1 aromatic carbocycles. The maximum atomic E-state index is 6.10. The van der Waals surface area contributed by atoms with Crippen LogP contribution in [0.5, 0.6) is 0 Å². The lowest BCUT2D eigenvalue weighted by Crippen LogP contribution is -2.41. The van der Waals surface area contributed by atoms with Crippen molar-refractivity contribution in [2.45, 2.75) is 32.6 Å². The van der Waals surface area contributed by atoms with E-state index in [1.165, 1.54) is 16.5 Å². The number of hydroxylamine groups is 1. The first-order chi connectivity index (χ1) is 12.3. The highest BCUT2D eigenvalue weighted by Gasteiger charge is 2.17. The molecule has 0 saturated heterocycles. The van der Waals surface area contributed by atoms with Crippen LogP contribution in [0.4, 0.5) is 0 Å². The molecule has 0 bridgehead atoms. The number of thioether (sulfide) groups is 1. The van der Waals surface area contributed by atoms with Crippen LogP contribution in [0.25, 0.3) is 10.9 Å². The van der Waals surface area contributed by atoms with Gasteiger partial charge in [0.25, 0.3) is 0 Å². The van der Waals surface area contributed by atoms with E-state index in [1.54, 1.807) is 11.8 Å². The summed E-state index contributed by atoms with van der Waals surface area (Å²) in [4.78, 5) is 8.74. The lowest BCUT2D eigenvalue weighted by atomic mass is 10.1. The van der Waals surface area contributed by atoms with Gasteiger partial charge in [0, 0.05) is 42.6 Å². The molecule has 1 aromatic heterocycles. The van der Waals surface area contributed by atoms with E-state index in [0.717, 1.165) is 18.7 Å². The molecular weight excluding hydrogens is 338 g/mol. The predicted octanol–water partition coefficient (Wildman–Crippen LogP) is 2.65. The summed E-state index contributed by atoms with van der Waals surface area (Å²) in [6.45, 7) is 5.82. The maximum absolute atomic E-state index is 6.10. The molecule has 0 aliphatic heterocycles. The molecule has 7 heteroatoms. The number of nitrogens with two attached hydrogens (primary N) is 1. The zero-order chi connectivity index (χ0) is 17.9. The second kappa shape index (κ2) is 11.5. The third-order valence-electron chi connectivity index (χ3n) is 3.74. The van der Waals surface area contributed by atoms with Crippen LogP contribution < -0.4 is 11.2 Å². The van der Waals surface area contributed by atoms with E-state index in [9.17, 15) is 0 Å². The van der Waals surface area contributed by atoms with Crippen LogP contribution in [-0.4, -0.2) is 48.8 Å². The number of hydrogen-bond donors (Lipinski definition) is 3. The first-order valence-corrected chi connectivity index (χ1v) is 9.87. The van der Waals surface area contributed by atoms with E-state index in [4.69, 9.17) is 20.0 Å². The Kier molecular flexibility index (Phi) is 9.31. The van der Waals surface area contributed by atoms with Crippen molar-refractivity contribution in [3.63, 3.8) is 0 Å². The zero-order valence-electron chi connectivity index (χ0n) is 15.0. The fourth-order valence-corrected chi connectivity index (χ4v) is 3.26. The summed E-state index contributed by atoms with van der Waals surface area (Å²) in [6.07, 6.45) is 2.62. The van der Waals surface area contributed by atoms with Gasteiger partial charge < -0.3 is 20.2 Å². The summed E-state index contributed by atoms with van der Waals surface area (Å²) in [5.74, 6) is 1.25. The summed E-state index contributed by atoms with van der Waals surface area (Å²) < 4.78 is 11.0. The number of fused-ring (bicyclic) bond motifs is 1. The molecule has 0 saturated carbocycles. The summed E-state index contributed by atoms with van der Waals surface area (Å²) in [5.41, 5.74) is 11.6. The Morgan fingerprint density at radius 2 is 1.96 bits per heavy atom. The summed E-state index contributed by atoms with van der Waals surface area (Å²) in [5, 5.41) is 1.27. The number of aromatic nitrogens is 1. The second-order valence-corrected chi connectivity index (χ2v) is 6.56. The molecule has 4 N–H and O–H groups in total. The van der Waals surface area contributed by atoms with E-state index in [2.05, 4.69) is 34.9 Å². The number of benzene rings is 1. The molecule has 140 valence electrons. The Hall–Kier alpha value is -1.09. The van der Waals surface area contributed by atoms with Crippen molar-refractivity contribution in [2.75, 3.05) is 31.5 Å². The van der Waals surface area contributed by atoms with Crippen LogP contribution in [0.2, 0.25) is 0 Å². The molecule has 1 unspecified atom stereocenters. The number of hydrogen-bond acceptors (Lipinski definition) is 6. The average Bonchev–Trinajstić information content (AvgIpc) is 3.04. The predicted molar refractivity (Wildman–Crippen MR) is 103 cm³/mol. The molecule has 0 amide bonds. The number of H-pyrrole nitrogens is 1. The highest BCUT2D eigenvalue weighted by Crippen LogP contribution is 2.17. The second-order valence-electron chi connectivity index (χ2n) is 5.58. The van der Waals surface area contributed by atoms with Crippen molar-refractivity contribution in [2.24, 2.45) is 5.73 Å². The molecule has 0 aliphatic carbocycles. The minimum atomic E-state index is -0.350. The molecule has 0 radical (unpaired) electrons. The van der Waals surface area contributed by atoms with Gasteiger partial charge >= 0.3 is 0 Å². The molecule has 2 rings (SSSR count). The summed E-state index contributed by atoms with van der Waals surface area (Å²) in [6, 6.07) is 8.14. The van der Waals surface area contributed by atoms with Gasteiger partial charge in [0.05, 0.1) is 6.04 Å². The SMILES string of the molecule is CCOC(OCC)C(N)CSCONCCc1c[nH]c2ccccc12. The van der Waals surface area contributed by atoms with Crippen molar-refractivity contribution in [1.29, 1.82) is 0 Å². The number of nitrogens with one attached hydrogen (secondary N) is 2. The highest BCUT2D eigenvalue weighted by molar-refractivity contribution is 7.99. The van der Waals surface area contributed by atoms with E-state index >= 15 is 0 Å². The van der Waals surface area contributed by atoms with E-state index < -0.39 is 0 Å². The van der Waals surface area contributed by atoms with Gasteiger partial charge in [-0.05, 0) is 31.9 Å². The van der Waals surface area contributed by atoms with Crippen LogP contribution >= 0.6 is 11.8 Å². The fourth-order valence-electron chi connectivity index (χ4n) is 2.57. The van der Waals surface area contributed by atoms with Crippen LogP contribution in [0.15, 0.2) is 30.5 Å². The topological polar surface area (TPSA) is 81.5 Å². The Morgan fingerprint density at radius 1 is 1.20 bits per heavy atom. The summed E-state index contributed by atoms with van der Waals surface area (Å²) in [7, 11) is 0. The minimum Gasteiger partial charge on any atom is -0.361 e. The highest BCUT2D eigenvalue weighted by atomic mass is 32.2. The normalized spacial score (nSPS) is 13.0. The Morgan fingerprint density at radius 3 is 2.72 bits per heavy atom. The van der Waals surface area contributed by atoms with Crippen molar-refractivity contribution in [3.05, 3.63) is 36.0 Å². The quantitative estimate of drug-likeness (QED) is 0.287. The first-order valence-electron chi connectivity index (χ1n) is 8.72. The lowest BCUT2D eigenvalue weighted by Gasteiger charge is -2.23. The van der Waals surface area contributed by atoms with Crippen LogP contribution in [0.3, 0.4) is 0 Å². The molecular formula is C18H29N3O3S. The van der Waals surface area contributed by atoms with Gasteiger partial charge in [-0.3, -0.25) is 4.84 Å². The van der Waals surface area contributed by atoms with Crippen molar-refractivity contribution < 1.29 is 14.3 Å². The molecule has 1 atom stereocenters. The van der Waals surface area contributed by atoms with E-state index in [-0.39, 0.29) is 12.3 Å². The number of ether oxygens (including phenoxy) is 2. The molecule has 0 spiro atoms. The van der Waals surface area contributed by atoms with E-state index in [0.29, 0.717) is 19.2 Å². The third kappa shape index (κ3) is 6.62. The van der Waals surface area contributed by atoms with Gasteiger partial charge in [0.1, 0.15) is 5.94 Å². The van der Waals surface area contributed by atoms with Gasteiger partial charge in [0.2, 0.25) is 0 Å². The summed E-state index contributed by atoms with van der Waals surface area (Å²) >= 11 is 1.62. The molecule has 0 fully saturated rings. The first kappa shape index (κ1) is 20.2. The van der Waals surface area contributed by atoms with Crippen LogP contribution in [0.1, 0.15) is 19.4 Å². The third-order valence-corrected chi connectivity index (χ3v) is 4.64.